The molecule has 2 aromatic carbocycles. The molecule has 0 atom stereocenters. The molecule has 0 aliphatic rings. The van der Waals surface area contributed by atoms with Crippen molar-refractivity contribution in [3.8, 4) is 0 Å². The molecule has 0 fully saturated rings. The lowest BCUT2D eigenvalue weighted by atomic mass is 10.2. The second-order valence-corrected chi connectivity index (χ2v) is 5.90. The fourth-order valence-electron chi connectivity index (χ4n) is 1.54. The molecule has 7 heteroatoms. The van der Waals surface area contributed by atoms with Gasteiger partial charge in [-0.1, -0.05) is 35.3 Å². The van der Waals surface area contributed by atoms with Gasteiger partial charge >= 0.3 is 0 Å². The third kappa shape index (κ3) is 4.96. The topological polar surface area (TPSA) is 61.4 Å². The smallest absolute Gasteiger partial charge is 0.267 e. The highest BCUT2D eigenvalue weighted by molar-refractivity contribution is 8.00. The fourth-order valence-corrected chi connectivity index (χ4v) is 2.72. The summed E-state index contributed by atoms with van der Waals surface area (Å²) in [4.78, 5) is 11.8. The molecular weight excluding hydrogens is 343 g/mol. The summed E-state index contributed by atoms with van der Waals surface area (Å²) in [6.07, 6.45) is 2.84. The normalized spacial score (nSPS) is 10.7. The molecule has 0 aromatic heterocycles. The molecule has 0 saturated carbocycles. The lowest BCUT2D eigenvalue weighted by Crippen LogP contribution is -2.14. The first-order chi connectivity index (χ1) is 10.6. The Hall–Kier alpha value is -1.66. The lowest BCUT2D eigenvalue weighted by Gasteiger charge is -2.07. The van der Waals surface area contributed by atoms with Crippen molar-refractivity contribution in [3.05, 3.63) is 64.1 Å². The van der Waals surface area contributed by atoms with Gasteiger partial charge in [-0.25, -0.2) is 5.48 Å². The zero-order valence-corrected chi connectivity index (χ0v) is 13.5. The summed E-state index contributed by atoms with van der Waals surface area (Å²) in [5.74, 6) is -0.574. The number of hydrogen-bond acceptors (Lipinski definition) is 4. The molecule has 3 N–H and O–H groups in total. The van der Waals surface area contributed by atoms with Crippen molar-refractivity contribution in [1.29, 1.82) is 0 Å². The number of benzene rings is 2. The van der Waals surface area contributed by atoms with Crippen LogP contribution in [0.3, 0.4) is 0 Å². The van der Waals surface area contributed by atoms with Crippen LogP contribution in [0.15, 0.2) is 53.4 Å². The molecule has 0 radical (unpaired) electrons. The van der Waals surface area contributed by atoms with Gasteiger partial charge in [0.1, 0.15) is 0 Å². The van der Waals surface area contributed by atoms with Gasteiger partial charge in [-0.3, -0.25) is 10.0 Å². The van der Waals surface area contributed by atoms with Crippen molar-refractivity contribution in [2.75, 3.05) is 4.72 Å². The van der Waals surface area contributed by atoms with E-state index in [0.29, 0.717) is 10.0 Å². The lowest BCUT2D eigenvalue weighted by molar-refractivity contribution is -0.124. The minimum Gasteiger partial charge on any atom is -0.326 e. The summed E-state index contributed by atoms with van der Waals surface area (Å²) in [5, 5.41) is 9.57. The van der Waals surface area contributed by atoms with E-state index in [1.807, 2.05) is 30.3 Å². The number of halogens is 2. The second kappa shape index (κ2) is 8.10. The van der Waals surface area contributed by atoms with Gasteiger partial charge in [-0.2, -0.15) is 0 Å². The van der Waals surface area contributed by atoms with Crippen LogP contribution in [0, 0.1) is 0 Å². The molecule has 0 aliphatic carbocycles. The molecule has 0 heterocycles. The fraction of sp³-hybridized carbons (Fsp3) is 0. The van der Waals surface area contributed by atoms with E-state index in [9.17, 15) is 4.79 Å². The molecule has 0 unspecified atom stereocenters. The summed E-state index contributed by atoms with van der Waals surface area (Å²) in [5.41, 5.74) is 3.26. The van der Waals surface area contributed by atoms with E-state index in [1.165, 1.54) is 23.5 Å². The van der Waals surface area contributed by atoms with Gasteiger partial charge in [-0.15, -0.1) is 0 Å². The van der Waals surface area contributed by atoms with Crippen LogP contribution in [0.4, 0.5) is 5.69 Å². The van der Waals surface area contributed by atoms with Crippen LogP contribution in [-0.4, -0.2) is 11.1 Å². The Bertz CT molecular complexity index is 690. The predicted molar refractivity (Wildman–Crippen MR) is 91.3 cm³/mol. The van der Waals surface area contributed by atoms with Crippen LogP contribution in [0.5, 0.6) is 0 Å². The minimum atomic E-state index is -0.574. The second-order valence-electron chi connectivity index (χ2n) is 4.21. The van der Waals surface area contributed by atoms with Crippen LogP contribution in [0.1, 0.15) is 5.56 Å². The van der Waals surface area contributed by atoms with Gasteiger partial charge in [-0.05, 0) is 53.9 Å². The molecular formula is C15H12Cl2N2O2S. The van der Waals surface area contributed by atoms with E-state index in [4.69, 9.17) is 28.4 Å². The van der Waals surface area contributed by atoms with E-state index in [2.05, 4.69) is 4.72 Å². The molecule has 2 aromatic rings. The monoisotopic (exact) mass is 354 g/mol. The summed E-state index contributed by atoms with van der Waals surface area (Å²) in [6, 6.07) is 12.7. The van der Waals surface area contributed by atoms with E-state index in [0.717, 1.165) is 16.1 Å². The Labute approximate surface area is 142 Å². The van der Waals surface area contributed by atoms with E-state index < -0.39 is 5.91 Å². The van der Waals surface area contributed by atoms with E-state index in [1.54, 1.807) is 18.2 Å². The number of anilines is 1. The molecule has 0 spiro atoms. The van der Waals surface area contributed by atoms with Crippen LogP contribution in [0.2, 0.25) is 10.0 Å². The SMILES string of the molecule is O=C(/C=C/c1ccc(NSc2ccc(Cl)cc2Cl)cc1)NO. The third-order valence-corrected chi connectivity index (χ3v) is 4.19. The van der Waals surface area contributed by atoms with Gasteiger partial charge in [0.15, 0.2) is 0 Å². The van der Waals surface area contributed by atoms with Crippen molar-refractivity contribution in [3.63, 3.8) is 0 Å². The van der Waals surface area contributed by atoms with Crippen LogP contribution in [-0.2, 0) is 4.79 Å². The zero-order valence-electron chi connectivity index (χ0n) is 11.2. The van der Waals surface area contributed by atoms with Crippen molar-refractivity contribution in [1.82, 2.24) is 5.48 Å². The van der Waals surface area contributed by atoms with Gasteiger partial charge in [0, 0.05) is 21.7 Å². The zero-order chi connectivity index (χ0) is 15.9. The third-order valence-electron chi connectivity index (χ3n) is 2.62. The standard InChI is InChI=1S/C15H12Cl2N2O2S/c16-11-4-7-14(13(17)9-11)22-19-12-5-1-10(2-6-12)3-8-15(20)18-21/h1-9,19,21H,(H,18,20)/b8-3+. The largest absolute Gasteiger partial charge is 0.326 e. The first-order valence-electron chi connectivity index (χ1n) is 6.18. The summed E-state index contributed by atoms with van der Waals surface area (Å²) >= 11 is 13.3. The van der Waals surface area contributed by atoms with Crippen LogP contribution < -0.4 is 10.2 Å². The van der Waals surface area contributed by atoms with Gasteiger partial charge < -0.3 is 4.72 Å². The van der Waals surface area contributed by atoms with Gasteiger partial charge in [0.25, 0.3) is 5.91 Å². The first-order valence-corrected chi connectivity index (χ1v) is 7.76. The summed E-state index contributed by atoms with van der Waals surface area (Å²) in [6.45, 7) is 0. The Kier molecular flexibility index (Phi) is 6.15. The molecule has 2 rings (SSSR count). The van der Waals surface area contributed by atoms with Crippen molar-refractivity contribution in [2.24, 2.45) is 0 Å². The van der Waals surface area contributed by atoms with E-state index in [-0.39, 0.29) is 0 Å². The van der Waals surface area contributed by atoms with Crippen molar-refractivity contribution >= 4 is 52.8 Å². The molecule has 1 amide bonds. The molecule has 0 bridgehead atoms. The molecule has 114 valence electrons. The highest BCUT2D eigenvalue weighted by Crippen LogP contribution is 2.30. The highest BCUT2D eigenvalue weighted by Gasteiger charge is 2.02. The van der Waals surface area contributed by atoms with E-state index >= 15 is 0 Å². The molecule has 4 nitrogen and oxygen atoms in total. The molecule has 22 heavy (non-hydrogen) atoms. The molecule has 0 saturated heterocycles. The maximum absolute atomic E-state index is 10.9. The number of rotatable bonds is 5. The summed E-state index contributed by atoms with van der Waals surface area (Å²) < 4.78 is 3.17. The minimum absolute atomic E-state index is 0.574. The number of nitrogens with one attached hydrogen (secondary N) is 2. The van der Waals surface area contributed by atoms with Crippen molar-refractivity contribution < 1.29 is 10.0 Å². The number of hydroxylamine groups is 1. The predicted octanol–water partition coefficient (Wildman–Crippen LogP) is 4.63. The van der Waals surface area contributed by atoms with Crippen molar-refractivity contribution in [2.45, 2.75) is 4.90 Å². The average Bonchev–Trinajstić information content (AvgIpc) is 2.52. The Morgan fingerprint density at radius 2 is 1.86 bits per heavy atom. The maximum Gasteiger partial charge on any atom is 0.267 e. The van der Waals surface area contributed by atoms with Gasteiger partial charge in [0.2, 0.25) is 0 Å². The quantitative estimate of drug-likeness (QED) is 0.317. The van der Waals surface area contributed by atoms with Crippen LogP contribution >= 0.6 is 35.1 Å². The number of hydrogen-bond donors (Lipinski definition) is 3. The number of carbonyl (C=O) groups is 1. The number of carbonyl (C=O) groups excluding carboxylic acids is 1. The summed E-state index contributed by atoms with van der Waals surface area (Å²) in [7, 11) is 0. The maximum atomic E-state index is 10.9. The molecule has 0 aliphatic heterocycles. The Balaban J connectivity index is 1.96. The number of amides is 1. The van der Waals surface area contributed by atoms with Crippen LogP contribution in [0.25, 0.3) is 6.08 Å². The Morgan fingerprint density at radius 3 is 2.50 bits per heavy atom. The average molecular weight is 355 g/mol. The first kappa shape index (κ1) is 16.7. The highest BCUT2D eigenvalue weighted by atomic mass is 35.5. The Morgan fingerprint density at radius 1 is 1.14 bits per heavy atom. The van der Waals surface area contributed by atoms with Gasteiger partial charge in [0.05, 0.1) is 5.02 Å².